The molecule has 0 aliphatic carbocycles. The van der Waals surface area contributed by atoms with Gasteiger partial charge in [-0.2, -0.15) is 0 Å². The Morgan fingerprint density at radius 2 is 1.71 bits per heavy atom. The Balaban J connectivity index is 2.18. The summed E-state index contributed by atoms with van der Waals surface area (Å²) in [6, 6.07) is 11.4. The van der Waals surface area contributed by atoms with Crippen molar-refractivity contribution >= 4 is 17.3 Å². The minimum atomic E-state index is 0.515. The molecule has 5 heteroatoms. The molecule has 2 rings (SSSR count). The van der Waals surface area contributed by atoms with Crippen LogP contribution in [0, 0.1) is 0 Å². The molecule has 2 aromatic carbocycles. The molecule has 0 aromatic heterocycles. The number of rotatable bonds is 6. The van der Waals surface area contributed by atoms with Crippen LogP contribution in [-0.4, -0.2) is 21.3 Å². The number of nitrogens with one attached hydrogen (secondary N) is 1. The summed E-state index contributed by atoms with van der Waals surface area (Å²) in [6.45, 7) is 0.637. The minimum Gasteiger partial charge on any atom is -0.497 e. The van der Waals surface area contributed by atoms with Gasteiger partial charge in [-0.3, -0.25) is 0 Å². The molecule has 0 spiro atoms. The van der Waals surface area contributed by atoms with Crippen molar-refractivity contribution in [3.63, 3.8) is 0 Å². The molecular formula is C16H18ClNO3. The number of benzene rings is 2. The SMILES string of the molecule is COc1cccc(CNc2cc(OC)c(Cl)cc2OC)c1. The van der Waals surface area contributed by atoms with E-state index >= 15 is 0 Å². The zero-order chi connectivity index (χ0) is 15.2. The van der Waals surface area contributed by atoms with Gasteiger partial charge < -0.3 is 19.5 Å². The van der Waals surface area contributed by atoms with Crippen LogP contribution in [0.3, 0.4) is 0 Å². The molecule has 0 bridgehead atoms. The second kappa shape index (κ2) is 7.09. The highest BCUT2D eigenvalue weighted by atomic mass is 35.5. The number of methoxy groups -OCH3 is 3. The maximum Gasteiger partial charge on any atom is 0.143 e. The lowest BCUT2D eigenvalue weighted by atomic mass is 10.2. The van der Waals surface area contributed by atoms with E-state index in [1.165, 1.54) is 0 Å². The number of hydrogen-bond donors (Lipinski definition) is 1. The molecule has 0 saturated heterocycles. The van der Waals surface area contributed by atoms with Crippen LogP contribution < -0.4 is 19.5 Å². The Morgan fingerprint density at radius 3 is 2.38 bits per heavy atom. The number of halogens is 1. The molecule has 4 nitrogen and oxygen atoms in total. The summed E-state index contributed by atoms with van der Waals surface area (Å²) in [4.78, 5) is 0. The molecule has 0 amide bonds. The van der Waals surface area contributed by atoms with E-state index in [2.05, 4.69) is 5.32 Å². The van der Waals surface area contributed by atoms with Crippen molar-refractivity contribution in [3.8, 4) is 17.2 Å². The van der Waals surface area contributed by atoms with E-state index in [0.717, 1.165) is 17.0 Å². The van der Waals surface area contributed by atoms with Gasteiger partial charge in [-0.25, -0.2) is 0 Å². The van der Waals surface area contributed by atoms with Crippen LogP contribution in [0.1, 0.15) is 5.56 Å². The fourth-order valence-corrected chi connectivity index (χ4v) is 2.21. The van der Waals surface area contributed by atoms with E-state index in [1.807, 2.05) is 30.3 Å². The highest BCUT2D eigenvalue weighted by Crippen LogP contribution is 2.36. The summed E-state index contributed by atoms with van der Waals surface area (Å²) in [5.41, 5.74) is 1.92. The van der Waals surface area contributed by atoms with E-state index in [-0.39, 0.29) is 0 Å². The van der Waals surface area contributed by atoms with Gasteiger partial charge in [0.25, 0.3) is 0 Å². The molecule has 0 saturated carbocycles. The summed E-state index contributed by atoms with van der Waals surface area (Å²) in [5, 5.41) is 3.83. The molecule has 21 heavy (non-hydrogen) atoms. The van der Waals surface area contributed by atoms with Crippen LogP contribution in [-0.2, 0) is 6.54 Å². The maximum atomic E-state index is 6.09. The number of anilines is 1. The summed E-state index contributed by atoms with van der Waals surface area (Å²) in [6.07, 6.45) is 0. The summed E-state index contributed by atoms with van der Waals surface area (Å²) < 4.78 is 15.8. The minimum absolute atomic E-state index is 0.515. The normalized spacial score (nSPS) is 10.1. The first kappa shape index (κ1) is 15.3. The van der Waals surface area contributed by atoms with Gasteiger partial charge in [0.05, 0.1) is 32.0 Å². The average molecular weight is 308 g/mol. The fourth-order valence-electron chi connectivity index (χ4n) is 1.98. The van der Waals surface area contributed by atoms with E-state index in [4.69, 9.17) is 25.8 Å². The van der Waals surface area contributed by atoms with Gasteiger partial charge in [0.15, 0.2) is 0 Å². The smallest absolute Gasteiger partial charge is 0.143 e. The van der Waals surface area contributed by atoms with Crippen molar-refractivity contribution in [3.05, 3.63) is 47.0 Å². The molecular weight excluding hydrogens is 290 g/mol. The molecule has 0 heterocycles. The number of hydrogen-bond acceptors (Lipinski definition) is 4. The molecule has 2 aromatic rings. The molecule has 0 radical (unpaired) electrons. The fraction of sp³-hybridized carbons (Fsp3) is 0.250. The Kier molecular flexibility index (Phi) is 5.17. The van der Waals surface area contributed by atoms with Crippen LogP contribution in [0.5, 0.6) is 17.2 Å². The predicted octanol–water partition coefficient (Wildman–Crippen LogP) is 3.98. The Labute approximate surface area is 129 Å². The van der Waals surface area contributed by atoms with Crippen molar-refractivity contribution in [2.24, 2.45) is 0 Å². The van der Waals surface area contributed by atoms with Gasteiger partial charge in [-0.05, 0) is 17.7 Å². The average Bonchev–Trinajstić information content (AvgIpc) is 2.53. The highest BCUT2D eigenvalue weighted by Gasteiger charge is 2.09. The standard InChI is InChI=1S/C16H18ClNO3/c1-19-12-6-4-5-11(7-12)10-18-14-9-15(20-2)13(17)8-16(14)21-3/h4-9,18H,10H2,1-3H3. The van der Waals surface area contributed by atoms with Crippen molar-refractivity contribution in [1.29, 1.82) is 0 Å². The first-order valence-corrected chi connectivity index (χ1v) is 6.84. The van der Waals surface area contributed by atoms with Gasteiger partial charge in [-0.1, -0.05) is 23.7 Å². The lowest BCUT2D eigenvalue weighted by Crippen LogP contribution is -2.02. The quantitative estimate of drug-likeness (QED) is 0.876. The summed E-state index contributed by atoms with van der Waals surface area (Å²) in [7, 11) is 4.84. The van der Waals surface area contributed by atoms with Crippen LogP contribution in [0.25, 0.3) is 0 Å². The second-order valence-electron chi connectivity index (χ2n) is 4.39. The number of ether oxygens (including phenoxy) is 3. The lowest BCUT2D eigenvalue weighted by Gasteiger charge is -2.14. The van der Waals surface area contributed by atoms with Crippen LogP contribution in [0.15, 0.2) is 36.4 Å². The first-order chi connectivity index (χ1) is 10.2. The van der Waals surface area contributed by atoms with Gasteiger partial charge in [0.2, 0.25) is 0 Å². The zero-order valence-corrected chi connectivity index (χ0v) is 13.0. The van der Waals surface area contributed by atoms with E-state index < -0.39 is 0 Å². The van der Waals surface area contributed by atoms with E-state index in [0.29, 0.717) is 23.1 Å². The van der Waals surface area contributed by atoms with Crippen LogP contribution >= 0.6 is 11.6 Å². The molecule has 112 valence electrons. The van der Waals surface area contributed by atoms with Crippen LogP contribution in [0.2, 0.25) is 5.02 Å². The zero-order valence-electron chi connectivity index (χ0n) is 12.3. The summed E-state index contributed by atoms with van der Waals surface area (Å²) >= 11 is 6.09. The maximum absolute atomic E-state index is 6.09. The van der Waals surface area contributed by atoms with Gasteiger partial charge in [0, 0.05) is 18.7 Å². The molecule has 1 N–H and O–H groups in total. The Morgan fingerprint density at radius 1 is 0.952 bits per heavy atom. The largest absolute Gasteiger partial charge is 0.497 e. The van der Waals surface area contributed by atoms with Gasteiger partial charge >= 0.3 is 0 Å². The Hall–Kier alpha value is -2.07. The van der Waals surface area contributed by atoms with Gasteiger partial charge in [-0.15, -0.1) is 0 Å². The van der Waals surface area contributed by atoms with Crippen molar-refractivity contribution in [1.82, 2.24) is 0 Å². The molecule has 0 aliphatic rings. The van der Waals surface area contributed by atoms with E-state index in [1.54, 1.807) is 27.4 Å². The first-order valence-electron chi connectivity index (χ1n) is 6.46. The molecule has 0 aliphatic heterocycles. The molecule has 0 fully saturated rings. The highest BCUT2D eigenvalue weighted by molar-refractivity contribution is 6.32. The third-order valence-electron chi connectivity index (χ3n) is 3.09. The topological polar surface area (TPSA) is 39.7 Å². The molecule has 0 atom stereocenters. The lowest BCUT2D eigenvalue weighted by molar-refractivity contribution is 0.404. The monoisotopic (exact) mass is 307 g/mol. The van der Waals surface area contributed by atoms with Crippen molar-refractivity contribution in [2.75, 3.05) is 26.6 Å². The third kappa shape index (κ3) is 3.73. The van der Waals surface area contributed by atoms with Crippen molar-refractivity contribution in [2.45, 2.75) is 6.54 Å². The van der Waals surface area contributed by atoms with Gasteiger partial charge in [0.1, 0.15) is 17.2 Å². The predicted molar refractivity (Wildman–Crippen MR) is 84.9 cm³/mol. The Bertz CT molecular complexity index is 616. The molecule has 0 unspecified atom stereocenters. The second-order valence-corrected chi connectivity index (χ2v) is 4.80. The van der Waals surface area contributed by atoms with E-state index in [9.17, 15) is 0 Å². The van der Waals surface area contributed by atoms with Crippen LogP contribution in [0.4, 0.5) is 5.69 Å². The summed E-state index contributed by atoms with van der Waals surface area (Å²) in [5.74, 6) is 2.10. The van der Waals surface area contributed by atoms with Crippen molar-refractivity contribution < 1.29 is 14.2 Å². The third-order valence-corrected chi connectivity index (χ3v) is 3.39.